The Morgan fingerprint density at radius 3 is 2.58 bits per heavy atom. The third-order valence-corrected chi connectivity index (χ3v) is 5.61. The Labute approximate surface area is 156 Å². The number of hydrogen-bond acceptors (Lipinski definition) is 4. The summed E-state index contributed by atoms with van der Waals surface area (Å²) in [6.45, 7) is 5.66. The molecule has 0 aliphatic carbocycles. The number of ether oxygens (including phenoxy) is 2. The summed E-state index contributed by atoms with van der Waals surface area (Å²) >= 11 is 0. The van der Waals surface area contributed by atoms with Crippen LogP contribution in [-0.4, -0.2) is 55.9 Å². The molecular formula is C21H32N2O3. The Kier molecular flexibility index (Phi) is 7.06. The van der Waals surface area contributed by atoms with E-state index in [-0.39, 0.29) is 17.9 Å². The summed E-state index contributed by atoms with van der Waals surface area (Å²) in [7, 11) is 0. The van der Waals surface area contributed by atoms with Crippen LogP contribution in [0.3, 0.4) is 0 Å². The summed E-state index contributed by atoms with van der Waals surface area (Å²) < 4.78 is 11.2. The predicted molar refractivity (Wildman–Crippen MR) is 102 cm³/mol. The van der Waals surface area contributed by atoms with Crippen LogP contribution in [0.4, 0.5) is 0 Å². The third kappa shape index (κ3) is 5.29. The lowest BCUT2D eigenvalue weighted by atomic mass is 9.91. The van der Waals surface area contributed by atoms with Gasteiger partial charge in [0.05, 0.1) is 12.1 Å². The van der Waals surface area contributed by atoms with Gasteiger partial charge < -0.3 is 20.1 Å². The van der Waals surface area contributed by atoms with Gasteiger partial charge in [0.1, 0.15) is 0 Å². The number of nitrogens with two attached hydrogens (primary N) is 1. The summed E-state index contributed by atoms with van der Waals surface area (Å²) in [5.74, 6) is 0.294. The Morgan fingerprint density at radius 1 is 1.19 bits per heavy atom. The van der Waals surface area contributed by atoms with Crippen LogP contribution in [0.5, 0.6) is 0 Å². The van der Waals surface area contributed by atoms with Crippen molar-refractivity contribution in [3.63, 3.8) is 0 Å². The van der Waals surface area contributed by atoms with Gasteiger partial charge in [-0.1, -0.05) is 29.8 Å². The molecule has 0 bridgehead atoms. The molecule has 0 aromatic heterocycles. The second-order valence-electron chi connectivity index (χ2n) is 7.63. The average molecular weight is 360 g/mol. The molecule has 1 amide bonds. The molecular weight excluding hydrogens is 328 g/mol. The molecule has 0 saturated carbocycles. The van der Waals surface area contributed by atoms with E-state index in [0.29, 0.717) is 26.3 Å². The highest BCUT2D eigenvalue weighted by atomic mass is 16.5. The maximum Gasteiger partial charge on any atom is 0.239 e. The third-order valence-electron chi connectivity index (χ3n) is 5.61. The molecule has 2 atom stereocenters. The number of hydrogen-bond donors (Lipinski definition) is 1. The molecule has 3 rings (SSSR count). The molecule has 144 valence electrons. The van der Waals surface area contributed by atoms with E-state index in [1.54, 1.807) is 0 Å². The minimum atomic E-state index is -0.432. The number of carbonyl (C=O) groups is 1. The van der Waals surface area contributed by atoms with E-state index in [2.05, 4.69) is 31.2 Å². The molecule has 26 heavy (non-hydrogen) atoms. The molecule has 2 aliphatic rings. The molecule has 1 aromatic rings. The molecule has 2 heterocycles. The first-order valence-corrected chi connectivity index (χ1v) is 9.93. The lowest BCUT2D eigenvalue weighted by Crippen LogP contribution is -2.51. The second kappa shape index (κ2) is 9.49. The first-order valence-electron chi connectivity index (χ1n) is 9.93. The van der Waals surface area contributed by atoms with Crippen LogP contribution >= 0.6 is 0 Å². The zero-order valence-electron chi connectivity index (χ0n) is 15.9. The van der Waals surface area contributed by atoms with E-state index >= 15 is 0 Å². The van der Waals surface area contributed by atoms with Crippen molar-refractivity contribution in [2.75, 3.05) is 32.9 Å². The van der Waals surface area contributed by atoms with Crippen molar-refractivity contribution in [1.82, 2.24) is 4.90 Å². The fourth-order valence-corrected chi connectivity index (χ4v) is 3.83. The first-order chi connectivity index (χ1) is 12.6. The van der Waals surface area contributed by atoms with Gasteiger partial charge in [0.25, 0.3) is 0 Å². The largest absolute Gasteiger partial charge is 0.381 e. The monoisotopic (exact) mass is 360 g/mol. The van der Waals surface area contributed by atoms with Crippen molar-refractivity contribution in [1.29, 1.82) is 0 Å². The number of amides is 1. The number of carbonyl (C=O) groups excluding carboxylic acids is 1. The molecule has 2 saturated heterocycles. The molecule has 2 unspecified atom stereocenters. The van der Waals surface area contributed by atoms with Crippen LogP contribution in [0, 0.1) is 12.8 Å². The average Bonchev–Trinajstić information content (AvgIpc) is 3.19. The van der Waals surface area contributed by atoms with Crippen LogP contribution in [0.25, 0.3) is 0 Å². The Bertz CT molecular complexity index is 563. The molecule has 2 aliphatic heterocycles. The number of aryl methyl sites for hydroxylation is 1. The van der Waals surface area contributed by atoms with E-state index in [4.69, 9.17) is 15.2 Å². The standard InChI is InChI=1S/C21H32N2O3/c1-16-4-6-17(7-5-16)8-11-23(15-19-3-2-12-26-19)21(24)20(22)18-9-13-25-14-10-18/h4-7,18-20H,2-3,8-15,22H2,1H3. The number of nitrogens with zero attached hydrogens (tertiary/aromatic N) is 1. The van der Waals surface area contributed by atoms with Gasteiger partial charge in [0.15, 0.2) is 0 Å². The van der Waals surface area contributed by atoms with Crippen molar-refractivity contribution >= 4 is 5.91 Å². The maximum absolute atomic E-state index is 13.1. The SMILES string of the molecule is Cc1ccc(CCN(CC2CCCO2)C(=O)C(N)C2CCOCC2)cc1. The molecule has 2 N–H and O–H groups in total. The minimum absolute atomic E-state index is 0.0690. The van der Waals surface area contributed by atoms with E-state index in [9.17, 15) is 4.79 Å². The molecule has 0 spiro atoms. The van der Waals surface area contributed by atoms with Crippen molar-refractivity contribution in [3.05, 3.63) is 35.4 Å². The highest BCUT2D eigenvalue weighted by Gasteiger charge is 2.31. The summed E-state index contributed by atoms with van der Waals surface area (Å²) in [6.07, 6.45) is 4.85. The van der Waals surface area contributed by atoms with Crippen LogP contribution < -0.4 is 5.73 Å². The Balaban J connectivity index is 1.62. The first kappa shape index (κ1) is 19.3. The fourth-order valence-electron chi connectivity index (χ4n) is 3.83. The molecule has 1 aromatic carbocycles. The normalized spacial score (nSPS) is 22.3. The fraction of sp³-hybridized carbons (Fsp3) is 0.667. The van der Waals surface area contributed by atoms with Crippen LogP contribution in [0.2, 0.25) is 0 Å². The predicted octanol–water partition coefficient (Wildman–Crippen LogP) is 2.30. The van der Waals surface area contributed by atoms with Gasteiger partial charge in [-0.2, -0.15) is 0 Å². The van der Waals surface area contributed by atoms with E-state index in [1.165, 1.54) is 11.1 Å². The maximum atomic E-state index is 13.1. The van der Waals surface area contributed by atoms with Gasteiger partial charge in [-0.3, -0.25) is 4.79 Å². The summed E-state index contributed by atoms with van der Waals surface area (Å²) in [6, 6.07) is 8.09. The summed E-state index contributed by atoms with van der Waals surface area (Å²) in [4.78, 5) is 15.1. The minimum Gasteiger partial charge on any atom is -0.381 e. The zero-order valence-corrected chi connectivity index (χ0v) is 15.9. The van der Waals surface area contributed by atoms with E-state index in [1.807, 2.05) is 4.90 Å². The van der Waals surface area contributed by atoms with Crippen molar-refractivity contribution < 1.29 is 14.3 Å². The molecule has 5 nitrogen and oxygen atoms in total. The van der Waals surface area contributed by atoms with Crippen LogP contribution in [-0.2, 0) is 20.7 Å². The quantitative estimate of drug-likeness (QED) is 0.810. The number of rotatable bonds is 7. The van der Waals surface area contributed by atoms with Crippen LogP contribution in [0.1, 0.15) is 36.8 Å². The molecule has 0 radical (unpaired) electrons. The topological polar surface area (TPSA) is 64.8 Å². The van der Waals surface area contributed by atoms with Gasteiger partial charge >= 0.3 is 0 Å². The van der Waals surface area contributed by atoms with Gasteiger partial charge in [-0.25, -0.2) is 0 Å². The zero-order chi connectivity index (χ0) is 18.4. The van der Waals surface area contributed by atoms with Gasteiger partial charge in [0.2, 0.25) is 5.91 Å². The van der Waals surface area contributed by atoms with Gasteiger partial charge in [0, 0.05) is 32.9 Å². The lowest BCUT2D eigenvalue weighted by Gasteiger charge is -2.32. The van der Waals surface area contributed by atoms with Crippen molar-refractivity contribution in [2.45, 2.75) is 51.2 Å². The highest BCUT2D eigenvalue weighted by molar-refractivity contribution is 5.82. The van der Waals surface area contributed by atoms with Crippen LogP contribution in [0.15, 0.2) is 24.3 Å². The summed E-state index contributed by atoms with van der Waals surface area (Å²) in [5, 5.41) is 0. The van der Waals surface area contributed by atoms with Crippen molar-refractivity contribution in [3.8, 4) is 0 Å². The second-order valence-corrected chi connectivity index (χ2v) is 7.63. The van der Waals surface area contributed by atoms with Gasteiger partial charge in [-0.05, 0) is 50.5 Å². The summed E-state index contributed by atoms with van der Waals surface area (Å²) in [5.41, 5.74) is 8.87. The number of benzene rings is 1. The molecule has 5 heteroatoms. The van der Waals surface area contributed by atoms with E-state index < -0.39 is 6.04 Å². The van der Waals surface area contributed by atoms with Crippen molar-refractivity contribution in [2.24, 2.45) is 11.7 Å². The van der Waals surface area contributed by atoms with Gasteiger partial charge in [-0.15, -0.1) is 0 Å². The Hall–Kier alpha value is -1.43. The Morgan fingerprint density at radius 2 is 1.92 bits per heavy atom. The lowest BCUT2D eigenvalue weighted by molar-refractivity contribution is -0.136. The molecule has 2 fully saturated rings. The van der Waals surface area contributed by atoms with E-state index in [0.717, 1.165) is 38.7 Å². The smallest absolute Gasteiger partial charge is 0.239 e. The highest BCUT2D eigenvalue weighted by Crippen LogP contribution is 2.21.